The van der Waals surface area contributed by atoms with Gasteiger partial charge in [-0.25, -0.2) is 22.0 Å². The van der Waals surface area contributed by atoms with Gasteiger partial charge >= 0.3 is 5.97 Å². The maximum Gasteiger partial charge on any atom is 0.325 e. The van der Waals surface area contributed by atoms with Gasteiger partial charge in [0.2, 0.25) is 17.6 Å². The fourth-order valence-electron chi connectivity index (χ4n) is 3.90. The first-order valence-corrected chi connectivity index (χ1v) is 11.5. The molecule has 1 aromatic rings. The van der Waals surface area contributed by atoms with Gasteiger partial charge in [0.15, 0.2) is 23.3 Å². The lowest BCUT2D eigenvalue weighted by Crippen LogP contribution is -2.38. The molecular formula is C23H28F5N3O5. The third-order valence-electron chi connectivity index (χ3n) is 6.08. The van der Waals surface area contributed by atoms with Crippen molar-refractivity contribution in [2.24, 2.45) is 11.8 Å². The van der Waals surface area contributed by atoms with Crippen molar-refractivity contribution in [2.45, 2.75) is 57.9 Å². The van der Waals surface area contributed by atoms with Crippen molar-refractivity contribution in [3.8, 4) is 0 Å². The van der Waals surface area contributed by atoms with E-state index in [0.29, 0.717) is 45.1 Å². The lowest BCUT2D eigenvalue weighted by atomic mass is 9.81. The van der Waals surface area contributed by atoms with Gasteiger partial charge in [-0.15, -0.1) is 0 Å². The van der Waals surface area contributed by atoms with Gasteiger partial charge in [-0.3, -0.25) is 19.2 Å². The van der Waals surface area contributed by atoms with E-state index in [0.717, 1.165) is 0 Å². The molecule has 0 aromatic heterocycles. The molecule has 0 aliphatic heterocycles. The van der Waals surface area contributed by atoms with E-state index in [9.17, 15) is 41.1 Å². The Labute approximate surface area is 204 Å². The van der Waals surface area contributed by atoms with Crippen molar-refractivity contribution in [3.63, 3.8) is 0 Å². The molecule has 0 saturated heterocycles. The molecule has 1 saturated carbocycles. The average molecular weight is 521 g/mol. The molecule has 0 spiro atoms. The van der Waals surface area contributed by atoms with Crippen molar-refractivity contribution in [1.82, 2.24) is 16.0 Å². The van der Waals surface area contributed by atoms with E-state index >= 15 is 0 Å². The second kappa shape index (κ2) is 13.2. The average Bonchev–Trinajstić information content (AvgIpc) is 2.85. The molecule has 1 atom stereocenters. The van der Waals surface area contributed by atoms with Crippen molar-refractivity contribution in [2.75, 3.05) is 13.1 Å². The first-order valence-electron chi connectivity index (χ1n) is 11.5. The number of hydrogen-bond acceptors (Lipinski definition) is 4. The first-order chi connectivity index (χ1) is 16.9. The third-order valence-corrected chi connectivity index (χ3v) is 6.08. The minimum absolute atomic E-state index is 0.0464. The summed E-state index contributed by atoms with van der Waals surface area (Å²) in [6.07, 6.45) is 3.13. The molecule has 1 aliphatic rings. The summed E-state index contributed by atoms with van der Waals surface area (Å²) in [5.41, 5.74) is -1.53. The molecule has 1 aliphatic carbocycles. The topological polar surface area (TPSA) is 125 Å². The summed E-state index contributed by atoms with van der Waals surface area (Å²) in [5, 5.41) is 16.1. The highest BCUT2D eigenvalue weighted by Crippen LogP contribution is 2.29. The summed E-state index contributed by atoms with van der Waals surface area (Å²) in [5.74, 6) is -14.6. The number of hydrogen-bond donors (Lipinski definition) is 4. The van der Waals surface area contributed by atoms with E-state index in [4.69, 9.17) is 5.11 Å². The Hall–Kier alpha value is -3.25. The zero-order valence-electron chi connectivity index (χ0n) is 19.6. The Morgan fingerprint density at radius 3 is 1.97 bits per heavy atom. The van der Waals surface area contributed by atoms with Crippen LogP contribution in [-0.2, 0) is 14.4 Å². The van der Waals surface area contributed by atoms with Crippen molar-refractivity contribution >= 4 is 23.7 Å². The van der Waals surface area contributed by atoms with Gasteiger partial charge in [0.1, 0.15) is 11.6 Å². The Kier molecular flexibility index (Phi) is 10.6. The van der Waals surface area contributed by atoms with Gasteiger partial charge in [-0.2, -0.15) is 0 Å². The standard InChI is InChI=1S/C23H28F5N3O5/c1-11(23(35)36)31-14(32)4-2-3-9-29-21(33)13-7-5-12(6-8-13)10-30-22(34)15-16(24)18(26)20(28)19(27)17(15)25/h11-13H,2-10H2,1H3,(H,29,33)(H,30,34)(H,31,32)(H,35,36)/t11-,12?,13?/m0/s1. The molecule has 2 rings (SSSR count). The molecule has 0 bridgehead atoms. The number of aliphatic carboxylic acids is 1. The lowest BCUT2D eigenvalue weighted by Gasteiger charge is -2.28. The SMILES string of the molecule is C[C@H](NC(=O)CCCCNC(=O)C1CCC(CNC(=O)c2c(F)c(F)c(F)c(F)c2F)CC1)C(=O)O. The Balaban J connectivity index is 1.69. The van der Waals surface area contributed by atoms with Crippen LogP contribution in [0.5, 0.6) is 0 Å². The smallest absolute Gasteiger partial charge is 0.325 e. The molecule has 36 heavy (non-hydrogen) atoms. The van der Waals surface area contributed by atoms with Crippen LogP contribution >= 0.6 is 0 Å². The Morgan fingerprint density at radius 2 is 1.42 bits per heavy atom. The summed E-state index contributed by atoms with van der Waals surface area (Å²) < 4.78 is 67.2. The van der Waals surface area contributed by atoms with Crippen LogP contribution in [0.3, 0.4) is 0 Å². The van der Waals surface area contributed by atoms with Crippen molar-refractivity contribution in [1.29, 1.82) is 0 Å². The van der Waals surface area contributed by atoms with Gasteiger partial charge in [-0.05, 0) is 51.4 Å². The van der Waals surface area contributed by atoms with Crippen LogP contribution in [0.25, 0.3) is 0 Å². The summed E-state index contributed by atoms with van der Waals surface area (Å²) in [6.45, 7) is 1.66. The zero-order valence-corrected chi connectivity index (χ0v) is 19.6. The predicted molar refractivity (Wildman–Crippen MR) is 116 cm³/mol. The number of carbonyl (C=O) groups is 4. The normalized spacial score (nSPS) is 18.3. The lowest BCUT2D eigenvalue weighted by molar-refractivity contribution is -0.141. The number of benzene rings is 1. The van der Waals surface area contributed by atoms with E-state index < -0.39 is 52.6 Å². The van der Waals surface area contributed by atoms with Gasteiger partial charge in [0.25, 0.3) is 5.91 Å². The monoisotopic (exact) mass is 521 g/mol. The molecule has 0 unspecified atom stereocenters. The second-order valence-electron chi connectivity index (χ2n) is 8.75. The maximum absolute atomic E-state index is 13.8. The summed E-state index contributed by atoms with van der Waals surface area (Å²) >= 11 is 0. The van der Waals surface area contributed by atoms with Gasteiger partial charge in [0, 0.05) is 25.4 Å². The van der Waals surface area contributed by atoms with Crippen LogP contribution in [-0.4, -0.2) is 47.9 Å². The summed E-state index contributed by atoms with van der Waals surface area (Å²) in [6, 6.07) is -0.975. The maximum atomic E-state index is 13.8. The van der Waals surface area contributed by atoms with Crippen molar-refractivity contribution in [3.05, 3.63) is 34.6 Å². The van der Waals surface area contributed by atoms with Crippen molar-refractivity contribution < 1.29 is 46.2 Å². The van der Waals surface area contributed by atoms with Crippen LogP contribution in [0.2, 0.25) is 0 Å². The van der Waals surface area contributed by atoms with Crippen LogP contribution in [0.1, 0.15) is 62.2 Å². The fourth-order valence-corrected chi connectivity index (χ4v) is 3.90. The Morgan fingerprint density at radius 1 is 0.861 bits per heavy atom. The summed E-state index contributed by atoms with van der Waals surface area (Å²) in [4.78, 5) is 46.7. The molecule has 1 fully saturated rings. The number of carboxylic acid groups (broad SMARTS) is 1. The van der Waals surface area contributed by atoms with E-state index in [1.165, 1.54) is 6.92 Å². The molecule has 1 aromatic carbocycles. The fraction of sp³-hybridized carbons (Fsp3) is 0.565. The highest BCUT2D eigenvalue weighted by Gasteiger charge is 2.31. The van der Waals surface area contributed by atoms with E-state index in [-0.39, 0.29) is 36.6 Å². The van der Waals surface area contributed by atoms with E-state index in [1.807, 2.05) is 0 Å². The minimum atomic E-state index is -2.34. The molecule has 4 N–H and O–H groups in total. The third kappa shape index (κ3) is 7.62. The van der Waals surface area contributed by atoms with Gasteiger partial charge in [0.05, 0.1) is 0 Å². The van der Waals surface area contributed by atoms with Gasteiger partial charge in [-0.1, -0.05) is 0 Å². The van der Waals surface area contributed by atoms with Crippen LogP contribution in [0, 0.1) is 40.9 Å². The van der Waals surface area contributed by atoms with Gasteiger partial charge < -0.3 is 21.1 Å². The molecule has 0 radical (unpaired) electrons. The molecular weight excluding hydrogens is 493 g/mol. The molecule has 0 heterocycles. The summed E-state index contributed by atoms with van der Waals surface area (Å²) in [7, 11) is 0. The molecule has 200 valence electrons. The van der Waals surface area contributed by atoms with Crippen LogP contribution in [0.15, 0.2) is 0 Å². The molecule has 8 nitrogen and oxygen atoms in total. The van der Waals surface area contributed by atoms with Crippen LogP contribution < -0.4 is 16.0 Å². The number of halogens is 5. The zero-order chi connectivity index (χ0) is 27.0. The number of carboxylic acids is 1. The number of unbranched alkanes of at least 4 members (excludes halogenated alkanes) is 1. The highest BCUT2D eigenvalue weighted by molar-refractivity contribution is 5.94. The van der Waals surface area contributed by atoms with E-state index in [1.54, 1.807) is 0 Å². The predicted octanol–water partition coefficient (Wildman–Crippen LogP) is 2.79. The number of rotatable bonds is 11. The minimum Gasteiger partial charge on any atom is -0.480 e. The number of nitrogens with one attached hydrogen (secondary N) is 3. The largest absolute Gasteiger partial charge is 0.480 e. The molecule has 3 amide bonds. The quantitative estimate of drug-likeness (QED) is 0.154. The highest BCUT2D eigenvalue weighted by atomic mass is 19.2. The van der Waals surface area contributed by atoms with E-state index in [2.05, 4.69) is 16.0 Å². The molecule has 13 heteroatoms. The first kappa shape index (κ1) is 29.0. The Bertz CT molecular complexity index is 970. The number of amides is 3. The second-order valence-corrected chi connectivity index (χ2v) is 8.75. The van der Waals surface area contributed by atoms with Crippen LogP contribution in [0.4, 0.5) is 22.0 Å². The number of carbonyl (C=O) groups excluding carboxylic acids is 3.